The molecule has 0 spiro atoms. The maximum atomic E-state index is 12.7. The number of para-hydroxylation sites is 2. The van der Waals surface area contributed by atoms with Gasteiger partial charge in [-0.1, -0.05) is 23.7 Å². The third-order valence-corrected chi connectivity index (χ3v) is 5.99. The number of halogens is 1. The fourth-order valence-electron chi connectivity index (χ4n) is 2.84. The molecule has 0 aliphatic heterocycles. The summed E-state index contributed by atoms with van der Waals surface area (Å²) in [5.74, 6) is 1.92. The van der Waals surface area contributed by atoms with Crippen LogP contribution in [0.3, 0.4) is 0 Å². The zero-order valence-electron chi connectivity index (χ0n) is 16.1. The number of carbonyl (C=O) groups is 1. The van der Waals surface area contributed by atoms with E-state index in [4.69, 9.17) is 25.8 Å². The number of ether oxygens (including phenoxy) is 3. The van der Waals surface area contributed by atoms with E-state index in [0.717, 1.165) is 10.1 Å². The molecule has 0 bridgehead atoms. The number of aromatic nitrogens is 1. The van der Waals surface area contributed by atoms with Gasteiger partial charge in [0.15, 0.2) is 11.5 Å². The molecule has 0 saturated carbocycles. The second kappa shape index (κ2) is 8.61. The van der Waals surface area contributed by atoms with E-state index in [0.29, 0.717) is 38.7 Å². The quantitative estimate of drug-likeness (QED) is 0.397. The van der Waals surface area contributed by atoms with Gasteiger partial charge in [0.05, 0.1) is 31.1 Å². The highest BCUT2D eigenvalue weighted by molar-refractivity contribution is 7.21. The molecule has 0 aliphatic carbocycles. The first-order valence-electron chi connectivity index (χ1n) is 8.93. The number of pyridine rings is 1. The number of amides is 1. The predicted octanol–water partition coefficient (Wildman–Crippen LogP) is 6.01. The number of hydrogen-bond donors (Lipinski definition) is 1. The average molecular weight is 441 g/mol. The van der Waals surface area contributed by atoms with E-state index in [1.807, 2.05) is 30.3 Å². The molecule has 0 atom stereocenters. The minimum Gasteiger partial charge on any atom is -0.497 e. The summed E-state index contributed by atoms with van der Waals surface area (Å²) >= 11 is 7.76. The molecule has 0 aliphatic rings. The van der Waals surface area contributed by atoms with Crippen molar-refractivity contribution in [3.63, 3.8) is 0 Å². The molecule has 0 saturated heterocycles. The molecule has 4 rings (SSSR count). The van der Waals surface area contributed by atoms with Crippen LogP contribution in [0.4, 0.5) is 5.69 Å². The Morgan fingerprint density at radius 3 is 2.53 bits per heavy atom. The smallest absolute Gasteiger partial charge is 0.267 e. The third kappa shape index (κ3) is 4.03. The molecule has 1 N–H and O–H groups in total. The lowest BCUT2D eigenvalue weighted by molar-refractivity contribution is 0.103. The van der Waals surface area contributed by atoms with Crippen LogP contribution in [0.25, 0.3) is 10.1 Å². The molecule has 2 aromatic carbocycles. The van der Waals surface area contributed by atoms with Crippen molar-refractivity contribution in [2.24, 2.45) is 0 Å². The molecule has 0 fully saturated rings. The van der Waals surface area contributed by atoms with Gasteiger partial charge >= 0.3 is 0 Å². The number of anilines is 1. The first-order chi connectivity index (χ1) is 14.6. The molecule has 1 amide bonds. The van der Waals surface area contributed by atoms with Crippen molar-refractivity contribution >= 4 is 44.6 Å². The predicted molar refractivity (Wildman–Crippen MR) is 119 cm³/mol. The van der Waals surface area contributed by atoms with Crippen LogP contribution in [0, 0.1) is 0 Å². The Hall–Kier alpha value is -3.29. The highest BCUT2D eigenvalue weighted by atomic mass is 35.5. The van der Waals surface area contributed by atoms with E-state index >= 15 is 0 Å². The molecular weight excluding hydrogens is 424 g/mol. The van der Waals surface area contributed by atoms with Crippen LogP contribution in [-0.4, -0.2) is 25.1 Å². The minimum absolute atomic E-state index is 0.305. The number of thiophene rings is 1. The summed E-state index contributed by atoms with van der Waals surface area (Å²) in [6.07, 6.45) is 1.52. The lowest BCUT2D eigenvalue weighted by atomic mass is 10.2. The van der Waals surface area contributed by atoms with Crippen molar-refractivity contribution in [3.05, 3.63) is 70.7 Å². The lowest BCUT2D eigenvalue weighted by Gasteiger charge is -2.09. The Morgan fingerprint density at radius 2 is 1.83 bits per heavy atom. The number of nitrogens with one attached hydrogen (secondary N) is 1. The molecule has 6 nitrogen and oxygen atoms in total. The van der Waals surface area contributed by atoms with E-state index in [-0.39, 0.29) is 5.91 Å². The van der Waals surface area contributed by atoms with Gasteiger partial charge in [-0.3, -0.25) is 4.79 Å². The maximum absolute atomic E-state index is 12.7. The maximum Gasteiger partial charge on any atom is 0.267 e. The van der Waals surface area contributed by atoms with Gasteiger partial charge in [-0.2, -0.15) is 0 Å². The molecule has 2 aromatic heterocycles. The lowest BCUT2D eigenvalue weighted by Crippen LogP contribution is -2.10. The van der Waals surface area contributed by atoms with Gasteiger partial charge in [0.25, 0.3) is 5.91 Å². The minimum atomic E-state index is -0.305. The standard InChI is InChI=1S/C22H17ClN2O4S/c1-27-14-8-9-18-15(11-14)20(23)21(30-18)22(26)25-13-7-10-19(24-12-13)29-17-6-4-3-5-16(17)28-2/h3-12H,1-2H3,(H,25,26). The fourth-order valence-corrected chi connectivity index (χ4v) is 4.22. The zero-order valence-corrected chi connectivity index (χ0v) is 17.7. The fraction of sp³-hybridized carbons (Fsp3) is 0.0909. The van der Waals surface area contributed by atoms with E-state index in [1.54, 1.807) is 38.5 Å². The SMILES string of the molecule is COc1ccc2sc(C(=O)Nc3ccc(Oc4ccccc4OC)nc3)c(Cl)c2c1. The molecule has 30 heavy (non-hydrogen) atoms. The van der Waals surface area contributed by atoms with Crippen LogP contribution in [0.15, 0.2) is 60.8 Å². The molecule has 8 heteroatoms. The Morgan fingerprint density at radius 1 is 1.03 bits per heavy atom. The van der Waals surface area contributed by atoms with Gasteiger partial charge in [-0.05, 0) is 36.4 Å². The van der Waals surface area contributed by atoms with Crippen molar-refractivity contribution in [2.45, 2.75) is 0 Å². The van der Waals surface area contributed by atoms with Crippen LogP contribution in [0.2, 0.25) is 5.02 Å². The van der Waals surface area contributed by atoms with Crippen molar-refractivity contribution in [1.82, 2.24) is 4.98 Å². The summed E-state index contributed by atoms with van der Waals surface area (Å²) in [6.45, 7) is 0. The van der Waals surface area contributed by atoms with Gasteiger partial charge in [0.2, 0.25) is 5.88 Å². The second-order valence-electron chi connectivity index (χ2n) is 6.20. The topological polar surface area (TPSA) is 69.7 Å². The van der Waals surface area contributed by atoms with Crippen molar-refractivity contribution < 1.29 is 19.0 Å². The number of nitrogens with zero attached hydrogens (tertiary/aromatic N) is 1. The summed E-state index contributed by atoms with van der Waals surface area (Å²) in [5.41, 5.74) is 0.526. The Bertz CT molecular complexity index is 1210. The van der Waals surface area contributed by atoms with Crippen molar-refractivity contribution in [1.29, 1.82) is 0 Å². The first kappa shape index (κ1) is 20.0. The molecule has 4 aromatic rings. The van der Waals surface area contributed by atoms with Crippen LogP contribution in [0.1, 0.15) is 9.67 Å². The summed E-state index contributed by atoms with van der Waals surface area (Å²) in [4.78, 5) is 17.4. The van der Waals surface area contributed by atoms with Gasteiger partial charge < -0.3 is 19.5 Å². The normalized spacial score (nSPS) is 10.6. The number of carbonyl (C=O) groups excluding carboxylic acids is 1. The van der Waals surface area contributed by atoms with Gasteiger partial charge in [0.1, 0.15) is 10.6 Å². The Kier molecular flexibility index (Phi) is 5.74. The number of methoxy groups -OCH3 is 2. The molecule has 0 radical (unpaired) electrons. The van der Waals surface area contributed by atoms with Gasteiger partial charge in [-0.15, -0.1) is 11.3 Å². The number of benzene rings is 2. The van der Waals surface area contributed by atoms with E-state index in [2.05, 4.69) is 10.3 Å². The Balaban J connectivity index is 1.50. The third-order valence-electron chi connectivity index (χ3n) is 4.32. The molecule has 152 valence electrons. The highest BCUT2D eigenvalue weighted by Gasteiger charge is 2.18. The van der Waals surface area contributed by atoms with E-state index in [9.17, 15) is 4.79 Å². The molecular formula is C22H17ClN2O4S. The van der Waals surface area contributed by atoms with Gasteiger partial charge in [0, 0.05) is 16.2 Å². The Labute approximate surface area is 182 Å². The first-order valence-corrected chi connectivity index (χ1v) is 10.1. The van der Waals surface area contributed by atoms with Crippen LogP contribution in [0.5, 0.6) is 23.1 Å². The van der Waals surface area contributed by atoms with Crippen molar-refractivity contribution in [2.75, 3.05) is 19.5 Å². The second-order valence-corrected chi connectivity index (χ2v) is 7.63. The largest absolute Gasteiger partial charge is 0.497 e. The highest BCUT2D eigenvalue weighted by Crippen LogP contribution is 2.37. The number of fused-ring (bicyclic) bond motifs is 1. The number of rotatable bonds is 6. The van der Waals surface area contributed by atoms with Crippen LogP contribution < -0.4 is 19.5 Å². The summed E-state index contributed by atoms with van der Waals surface area (Å²) in [7, 11) is 3.16. The van der Waals surface area contributed by atoms with Crippen LogP contribution in [-0.2, 0) is 0 Å². The van der Waals surface area contributed by atoms with E-state index in [1.165, 1.54) is 17.5 Å². The average Bonchev–Trinajstić information content (AvgIpc) is 3.11. The summed E-state index contributed by atoms with van der Waals surface area (Å²) in [5, 5.41) is 4.00. The van der Waals surface area contributed by atoms with Gasteiger partial charge in [-0.25, -0.2) is 4.98 Å². The zero-order chi connectivity index (χ0) is 21.1. The molecule has 0 unspecified atom stereocenters. The summed E-state index contributed by atoms with van der Waals surface area (Å²) in [6, 6.07) is 16.2. The van der Waals surface area contributed by atoms with Crippen LogP contribution >= 0.6 is 22.9 Å². The number of hydrogen-bond acceptors (Lipinski definition) is 6. The van der Waals surface area contributed by atoms with Crippen molar-refractivity contribution in [3.8, 4) is 23.1 Å². The monoisotopic (exact) mass is 440 g/mol. The molecule has 2 heterocycles. The summed E-state index contributed by atoms with van der Waals surface area (Å²) < 4.78 is 17.1. The van der Waals surface area contributed by atoms with E-state index < -0.39 is 0 Å².